The average molecular weight is 226 g/mol. The minimum atomic E-state index is 0.653. The summed E-state index contributed by atoms with van der Waals surface area (Å²) >= 11 is 0. The Balaban J connectivity index is 0.000000117. The zero-order valence-electron chi connectivity index (χ0n) is 9.90. The van der Waals surface area contributed by atoms with Crippen molar-refractivity contribution >= 4 is 0 Å². The first-order valence-corrected chi connectivity index (χ1v) is 6.81. The van der Waals surface area contributed by atoms with Gasteiger partial charge in [0, 0.05) is 6.42 Å². The van der Waals surface area contributed by atoms with Gasteiger partial charge in [-0.3, -0.25) is 0 Å². The molecule has 0 N–H and O–H groups in total. The summed E-state index contributed by atoms with van der Waals surface area (Å²) in [6.45, 7) is 1.31. The number of hydrogen-bond acceptors (Lipinski definition) is 3. The lowest BCUT2D eigenvalue weighted by atomic mass is 9.56. The van der Waals surface area contributed by atoms with Crippen LogP contribution in [0.5, 0.6) is 0 Å². The van der Waals surface area contributed by atoms with Gasteiger partial charge < -0.3 is 0 Å². The molecule has 1 heterocycles. The van der Waals surface area contributed by atoms with Gasteiger partial charge in [0.25, 0.3) is 0 Å². The van der Waals surface area contributed by atoms with Gasteiger partial charge in [-0.1, -0.05) is 5.04 Å². The number of rotatable bonds is 0. The van der Waals surface area contributed by atoms with E-state index in [2.05, 4.69) is 14.8 Å². The van der Waals surface area contributed by atoms with Gasteiger partial charge in [-0.05, 0) is 62.2 Å². The molecule has 0 aromatic carbocycles. The SMILES string of the molecule is C1C2CC3CC1CC(C2)C3.C1COOOC1. The summed E-state index contributed by atoms with van der Waals surface area (Å²) in [5.41, 5.74) is 0. The second kappa shape index (κ2) is 5.03. The normalized spacial score (nSPS) is 45.0. The van der Waals surface area contributed by atoms with Crippen LogP contribution >= 0.6 is 0 Å². The van der Waals surface area contributed by atoms with Crippen LogP contribution in [0.3, 0.4) is 0 Å². The fourth-order valence-corrected chi connectivity index (χ4v) is 4.26. The third-order valence-corrected chi connectivity index (χ3v) is 4.55. The van der Waals surface area contributed by atoms with Crippen LogP contribution in [0.25, 0.3) is 0 Å². The van der Waals surface area contributed by atoms with E-state index in [0.29, 0.717) is 13.2 Å². The Morgan fingerprint density at radius 1 is 0.562 bits per heavy atom. The van der Waals surface area contributed by atoms with E-state index in [1.807, 2.05) is 0 Å². The van der Waals surface area contributed by atoms with Crippen LogP contribution in [0.2, 0.25) is 0 Å². The summed E-state index contributed by atoms with van der Waals surface area (Å²) in [6.07, 6.45) is 10.6. The van der Waals surface area contributed by atoms with Crippen LogP contribution in [0.1, 0.15) is 44.9 Å². The van der Waals surface area contributed by atoms with E-state index >= 15 is 0 Å². The highest BCUT2D eigenvalue weighted by molar-refractivity contribution is 4.92. The van der Waals surface area contributed by atoms with E-state index in [4.69, 9.17) is 0 Å². The van der Waals surface area contributed by atoms with Crippen molar-refractivity contribution in [3.8, 4) is 0 Å². The second-order valence-corrected chi connectivity index (χ2v) is 5.94. The lowest BCUT2D eigenvalue weighted by molar-refractivity contribution is -0.532. The van der Waals surface area contributed by atoms with Gasteiger partial charge in [-0.25, -0.2) is 9.78 Å². The van der Waals surface area contributed by atoms with E-state index in [1.54, 1.807) is 38.5 Å². The maximum absolute atomic E-state index is 4.35. The van der Waals surface area contributed by atoms with Crippen molar-refractivity contribution in [3.05, 3.63) is 0 Å². The highest BCUT2D eigenvalue weighted by Gasteiger charge is 2.41. The van der Waals surface area contributed by atoms with E-state index in [0.717, 1.165) is 6.42 Å². The first-order valence-electron chi connectivity index (χ1n) is 6.81. The molecule has 5 fully saturated rings. The molecular weight excluding hydrogens is 204 g/mol. The molecule has 4 bridgehead atoms. The molecule has 3 nitrogen and oxygen atoms in total. The molecule has 0 amide bonds. The first-order chi connectivity index (χ1) is 7.90. The van der Waals surface area contributed by atoms with E-state index in [9.17, 15) is 0 Å². The molecule has 0 unspecified atom stereocenters. The fraction of sp³-hybridized carbons (Fsp3) is 1.00. The molecule has 0 aromatic heterocycles. The van der Waals surface area contributed by atoms with E-state index < -0.39 is 0 Å². The lowest BCUT2D eigenvalue weighted by Gasteiger charge is -2.49. The Bertz CT molecular complexity index is 157. The summed E-state index contributed by atoms with van der Waals surface area (Å²) in [7, 11) is 0. The predicted octanol–water partition coefficient (Wildman–Crippen LogP) is 3.10. The molecule has 0 spiro atoms. The van der Waals surface area contributed by atoms with Crippen LogP contribution in [0, 0.1) is 23.7 Å². The zero-order chi connectivity index (χ0) is 10.8. The lowest BCUT2D eigenvalue weighted by Crippen LogP contribution is -2.38. The van der Waals surface area contributed by atoms with Crippen molar-refractivity contribution in [2.45, 2.75) is 44.9 Å². The monoisotopic (exact) mass is 226 g/mol. The molecule has 5 aliphatic rings. The largest absolute Gasteiger partial charge is 0.206 e. The highest BCUT2D eigenvalue weighted by Crippen LogP contribution is 2.53. The van der Waals surface area contributed by atoms with Crippen LogP contribution in [-0.2, 0) is 14.8 Å². The van der Waals surface area contributed by atoms with Gasteiger partial charge in [0.05, 0.1) is 13.2 Å². The zero-order valence-corrected chi connectivity index (χ0v) is 9.90. The molecular formula is C13H22O3. The van der Waals surface area contributed by atoms with Gasteiger partial charge in [0.15, 0.2) is 0 Å². The standard InChI is InChI=1S/C10H16.C3H6O3/c1-7-2-9-4-8(1)5-10(3-7)6-9;1-2-4-6-5-3-1/h7-10H,1-6H2;1-3H2. The van der Waals surface area contributed by atoms with Crippen LogP contribution in [0.4, 0.5) is 0 Å². The average Bonchev–Trinajstić information content (AvgIpc) is 2.30. The molecule has 16 heavy (non-hydrogen) atoms. The van der Waals surface area contributed by atoms with Gasteiger partial charge >= 0.3 is 0 Å². The highest BCUT2D eigenvalue weighted by atomic mass is 17.5. The van der Waals surface area contributed by atoms with Gasteiger partial charge in [-0.15, -0.1) is 0 Å². The molecule has 0 aromatic rings. The van der Waals surface area contributed by atoms with Crippen molar-refractivity contribution in [1.82, 2.24) is 0 Å². The van der Waals surface area contributed by atoms with Crippen molar-refractivity contribution in [2.75, 3.05) is 13.2 Å². The Labute approximate surface area is 97.3 Å². The minimum absolute atomic E-state index is 0.653. The van der Waals surface area contributed by atoms with Crippen LogP contribution < -0.4 is 0 Å². The molecule has 92 valence electrons. The van der Waals surface area contributed by atoms with E-state index in [1.165, 1.54) is 23.7 Å². The number of hydrogen-bond donors (Lipinski definition) is 0. The molecule has 4 saturated carbocycles. The van der Waals surface area contributed by atoms with Crippen LogP contribution in [-0.4, -0.2) is 13.2 Å². The summed E-state index contributed by atoms with van der Waals surface area (Å²) in [4.78, 5) is 8.69. The van der Waals surface area contributed by atoms with Crippen molar-refractivity contribution in [2.24, 2.45) is 23.7 Å². The quantitative estimate of drug-likeness (QED) is 0.594. The molecule has 0 radical (unpaired) electrons. The molecule has 5 rings (SSSR count). The molecule has 3 heteroatoms. The van der Waals surface area contributed by atoms with Gasteiger partial charge in [0.1, 0.15) is 0 Å². The third kappa shape index (κ3) is 2.58. The van der Waals surface area contributed by atoms with Crippen molar-refractivity contribution in [3.63, 3.8) is 0 Å². The smallest absolute Gasteiger partial charge is 0.0877 e. The molecule has 0 atom stereocenters. The van der Waals surface area contributed by atoms with Gasteiger partial charge in [0.2, 0.25) is 0 Å². The maximum Gasteiger partial charge on any atom is 0.0877 e. The Kier molecular flexibility index (Phi) is 3.46. The second-order valence-electron chi connectivity index (χ2n) is 5.94. The topological polar surface area (TPSA) is 27.7 Å². The Morgan fingerprint density at radius 2 is 0.938 bits per heavy atom. The summed E-state index contributed by atoms with van der Waals surface area (Å²) < 4.78 is 0. The first kappa shape index (κ1) is 11.0. The predicted molar refractivity (Wildman–Crippen MR) is 59.3 cm³/mol. The summed E-state index contributed by atoms with van der Waals surface area (Å²) in [5.74, 6) is 4.71. The third-order valence-electron chi connectivity index (χ3n) is 4.55. The maximum atomic E-state index is 4.35. The van der Waals surface area contributed by atoms with E-state index in [-0.39, 0.29) is 0 Å². The molecule has 4 aliphatic carbocycles. The molecule has 1 saturated heterocycles. The van der Waals surface area contributed by atoms with Crippen LogP contribution in [0.15, 0.2) is 0 Å². The Morgan fingerprint density at radius 3 is 1.12 bits per heavy atom. The van der Waals surface area contributed by atoms with Gasteiger partial charge in [-0.2, -0.15) is 0 Å². The summed E-state index contributed by atoms with van der Waals surface area (Å²) in [6, 6.07) is 0. The van der Waals surface area contributed by atoms with Crippen molar-refractivity contribution < 1.29 is 14.8 Å². The van der Waals surface area contributed by atoms with Crippen molar-refractivity contribution in [1.29, 1.82) is 0 Å². The fourth-order valence-electron chi connectivity index (χ4n) is 4.26. The minimum Gasteiger partial charge on any atom is -0.206 e. The summed E-state index contributed by atoms with van der Waals surface area (Å²) in [5, 5.41) is 4.07. The Hall–Kier alpha value is -0.120. The molecule has 1 aliphatic heterocycles.